The Morgan fingerprint density at radius 1 is 0.978 bits per heavy atom. The van der Waals surface area contributed by atoms with Crippen molar-refractivity contribution in [3.8, 4) is 0 Å². The normalized spacial score (nSPS) is 33.9. The number of carbonyl (C=O) groups excluding carboxylic acids is 3. The second-order valence-electron chi connectivity index (χ2n) is 14.9. The molecule has 0 heterocycles. The number of Topliss-reactive ketones (excluding diaryl/α,β-unsaturated/α-hetero) is 1. The topological polar surface area (TPSA) is 130 Å². The fraction of sp³-hybridized carbons (Fsp3) is 0.811. The van der Waals surface area contributed by atoms with E-state index in [1.54, 1.807) is 32.9 Å². The van der Waals surface area contributed by atoms with E-state index in [9.17, 15) is 29.7 Å². The lowest BCUT2D eigenvalue weighted by atomic mass is 9.66. The van der Waals surface area contributed by atoms with Gasteiger partial charge in [-0.25, -0.2) is 0 Å². The molecule has 0 aromatic heterocycles. The first-order chi connectivity index (χ1) is 21.1. The Bertz CT molecular complexity index is 1120. The van der Waals surface area contributed by atoms with Crippen molar-refractivity contribution in [1.82, 2.24) is 0 Å². The van der Waals surface area contributed by atoms with Gasteiger partial charge in [0.05, 0.1) is 12.2 Å². The number of ketones is 1. The van der Waals surface area contributed by atoms with Crippen LogP contribution in [-0.4, -0.2) is 62.6 Å². The highest BCUT2D eigenvalue weighted by molar-refractivity contribution is 6.03. The van der Waals surface area contributed by atoms with Crippen LogP contribution in [0.25, 0.3) is 0 Å². The summed E-state index contributed by atoms with van der Waals surface area (Å²) < 4.78 is 12.2. The van der Waals surface area contributed by atoms with Gasteiger partial charge in [0, 0.05) is 49.4 Å². The van der Waals surface area contributed by atoms with Gasteiger partial charge >= 0.3 is 11.9 Å². The summed E-state index contributed by atoms with van der Waals surface area (Å²) >= 11 is 0. The third-order valence-electron chi connectivity index (χ3n) is 11.2. The predicted molar refractivity (Wildman–Crippen MR) is 174 cm³/mol. The number of aliphatic hydroxyl groups excluding tert-OH is 1. The number of aliphatic hydroxyl groups is 3. The Hall–Kier alpha value is -2.03. The molecule has 2 saturated carbocycles. The largest absolute Gasteiger partial charge is 0.458 e. The third kappa shape index (κ3) is 7.93. The van der Waals surface area contributed by atoms with Gasteiger partial charge in [0.2, 0.25) is 0 Å². The van der Waals surface area contributed by atoms with Crippen LogP contribution in [0.2, 0.25) is 0 Å². The molecule has 45 heavy (non-hydrogen) atoms. The lowest BCUT2D eigenvalue weighted by Crippen LogP contribution is -2.59. The molecule has 2 fully saturated rings. The van der Waals surface area contributed by atoms with Crippen LogP contribution in [0.4, 0.5) is 0 Å². The van der Waals surface area contributed by atoms with Gasteiger partial charge in [-0.15, -0.1) is 0 Å². The van der Waals surface area contributed by atoms with Crippen LogP contribution in [-0.2, 0) is 23.9 Å². The van der Waals surface area contributed by atoms with Gasteiger partial charge in [-0.2, -0.15) is 0 Å². The zero-order valence-electron chi connectivity index (χ0n) is 29.0. The Morgan fingerprint density at radius 2 is 1.53 bits per heavy atom. The zero-order chi connectivity index (χ0) is 33.6. The molecule has 3 rings (SSSR count). The summed E-state index contributed by atoms with van der Waals surface area (Å²) in [5.74, 6) is -2.85. The average Bonchev–Trinajstić information content (AvgIpc) is 3.33. The van der Waals surface area contributed by atoms with Crippen molar-refractivity contribution < 1.29 is 39.2 Å². The van der Waals surface area contributed by atoms with Gasteiger partial charge in [-0.05, 0) is 31.4 Å². The summed E-state index contributed by atoms with van der Waals surface area (Å²) in [6.07, 6.45) is 15.9. The number of fused-ring (bicyclic) bond motifs is 1. The Balaban J connectivity index is 1.69. The summed E-state index contributed by atoms with van der Waals surface area (Å²) in [6, 6.07) is 0. The maximum Gasteiger partial charge on any atom is 0.306 e. The molecule has 8 heteroatoms. The minimum Gasteiger partial charge on any atom is -0.458 e. The Morgan fingerprint density at radius 3 is 2.02 bits per heavy atom. The standard InChI is InChI=1S/C37H60O8/c1-8-9-10-11-12-13-14-15-16-17-18-19-30(40)44-33-26(3)35(7,42)29(31-34(5,6)37(31,33)45-27(4)39)22-28(24-38)23-36(43)21-20-25(2)32(36)41/h20,22,26,29,31,33,38,42-43H,8-19,21,23-24H2,1-7H3/b28-22+/t26-,29+,31-,33-,35-,36+,37-/m1/s1. The number of unbranched alkanes of at least 4 members (excludes halogenated alkanes) is 10. The summed E-state index contributed by atoms with van der Waals surface area (Å²) in [4.78, 5) is 38.3. The molecule has 0 unspecified atom stereocenters. The summed E-state index contributed by atoms with van der Waals surface area (Å²) in [7, 11) is 0. The van der Waals surface area contributed by atoms with Crippen LogP contribution in [0.5, 0.6) is 0 Å². The SMILES string of the molecule is CCCCCCCCCCCCCC(=O)O[C@@H]1[C@@H](C)[C@@](C)(O)[C@@H](/C=C(/CO)C[C@@]2(O)CC=C(C)C2=O)[C@@H]2C(C)(C)[C@]12OC(C)=O. The van der Waals surface area contributed by atoms with E-state index in [1.807, 2.05) is 13.8 Å². The van der Waals surface area contributed by atoms with E-state index >= 15 is 0 Å². The van der Waals surface area contributed by atoms with E-state index in [-0.39, 0.29) is 31.0 Å². The van der Waals surface area contributed by atoms with Gasteiger partial charge in [0.1, 0.15) is 11.7 Å². The molecular formula is C37H60O8. The van der Waals surface area contributed by atoms with E-state index in [2.05, 4.69) is 6.92 Å². The molecule has 0 aliphatic heterocycles. The van der Waals surface area contributed by atoms with Crippen molar-refractivity contribution in [3.63, 3.8) is 0 Å². The van der Waals surface area contributed by atoms with Gasteiger partial charge < -0.3 is 24.8 Å². The average molecular weight is 633 g/mol. The molecule has 0 bridgehead atoms. The van der Waals surface area contributed by atoms with Crippen LogP contribution in [0.15, 0.2) is 23.3 Å². The zero-order valence-corrected chi connectivity index (χ0v) is 29.0. The maximum atomic E-state index is 13.2. The van der Waals surface area contributed by atoms with E-state index in [1.165, 1.54) is 58.3 Å². The fourth-order valence-corrected chi connectivity index (χ4v) is 8.28. The van der Waals surface area contributed by atoms with Gasteiger partial charge in [0.25, 0.3) is 0 Å². The molecule has 0 spiro atoms. The molecule has 7 atom stereocenters. The summed E-state index contributed by atoms with van der Waals surface area (Å²) in [6.45, 7) is 12.2. The van der Waals surface area contributed by atoms with Crippen LogP contribution in [0.3, 0.4) is 0 Å². The minimum absolute atomic E-state index is 0.0672. The molecule has 0 radical (unpaired) electrons. The Labute approximate surface area is 271 Å². The highest BCUT2D eigenvalue weighted by Gasteiger charge is 2.85. The highest BCUT2D eigenvalue weighted by Crippen LogP contribution is 2.75. The molecule has 8 nitrogen and oxygen atoms in total. The molecule has 0 saturated heterocycles. The van der Waals surface area contributed by atoms with Crippen molar-refractivity contribution in [3.05, 3.63) is 23.3 Å². The van der Waals surface area contributed by atoms with Crippen molar-refractivity contribution in [2.75, 3.05) is 6.61 Å². The molecule has 256 valence electrons. The Kier molecular flexibility index (Phi) is 12.7. The first-order valence-electron chi connectivity index (χ1n) is 17.5. The van der Waals surface area contributed by atoms with Crippen LogP contribution in [0.1, 0.15) is 138 Å². The summed E-state index contributed by atoms with van der Waals surface area (Å²) in [5.41, 5.74) is -3.94. The van der Waals surface area contributed by atoms with Crippen molar-refractivity contribution >= 4 is 17.7 Å². The van der Waals surface area contributed by atoms with Crippen molar-refractivity contribution in [2.24, 2.45) is 23.2 Å². The van der Waals surface area contributed by atoms with Crippen molar-refractivity contribution in [2.45, 2.75) is 161 Å². The third-order valence-corrected chi connectivity index (χ3v) is 11.2. The lowest BCUT2D eigenvalue weighted by molar-refractivity contribution is -0.207. The van der Waals surface area contributed by atoms with E-state index in [0.29, 0.717) is 11.1 Å². The quantitative estimate of drug-likeness (QED) is 0.0883. The monoisotopic (exact) mass is 632 g/mol. The van der Waals surface area contributed by atoms with E-state index < -0.39 is 58.7 Å². The van der Waals surface area contributed by atoms with Gasteiger partial charge in [0.15, 0.2) is 11.4 Å². The number of rotatable bonds is 18. The van der Waals surface area contributed by atoms with Gasteiger partial charge in [-0.1, -0.05) is 104 Å². The molecule has 3 aliphatic carbocycles. The molecule has 3 N–H and O–H groups in total. The summed E-state index contributed by atoms with van der Waals surface area (Å²) in [5, 5.41) is 33.4. The maximum absolute atomic E-state index is 13.2. The molecule has 0 aromatic carbocycles. The minimum atomic E-state index is -1.64. The molecule has 3 aliphatic rings. The smallest absolute Gasteiger partial charge is 0.306 e. The fourth-order valence-electron chi connectivity index (χ4n) is 8.28. The van der Waals surface area contributed by atoms with Gasteiger partial charge in [-0.3, -0.25) is 14.4 Å². The van der Waals surface area contributed by atoms with Crippen molar-refractivity contribution in [1.29, 1.82) is 0 Å². The number of esters is 2. The predicted octanol–water partition coefficient (Wildman–Crippen LogP) is 6.53. The highest BCUT2D eigenvalue weighted by atomic mass is 16.6. The van der Waals surface area contributed by atoms with E-state index in [4.69, 9.17) is 9.47 Å². The molecule has 0 amide bonds. The second kappa shape index (κ2) is 15.2. The number of hydrogen-bond acceptors (Lipinski definition) is 8. The molecular weight excluding hydrogens is 572 g/mol. The first-order valence-corrected chi connectivity index (χ1v) is 17.5. The number of hydrogen-bond donors (Lipinski definition) is 3. The number of ether oxygens (including phenoxy) is 2. The number of carbonyl (C=O) groups is 3. The van der Waals surface area contributed by atoms with Crippen LogP contribution >= 0.6 is 0 Å². The van der Waals surface area contributed by atoms with Crippen LogP contribution < -0.4 is 0 Å². The second-order valence-corrected chi connectivity index (χ2v) is 14.9. The first kappa shape index (κ1) is 37.4. The lowest BCUT2D eigenvalue weighted by Gasteiger charge is -2.48. The van der Waals surface area contributed by atoms with E-state index in [0.717, 1.165) is 19.3 Å². The molecule has 0 aromatic rings. The van der Waals surface area contributed by atoms with Crippen LogP contribution in [0, 0.1) is 23.2 Å².